The van der Waals surface area contributed by atoms with Gasteiger partial charge >= 0.3 is 0 Å². The normalized spacial score (nSPS) is 19.6. The van der Waals surface area contributed by atoms with Crippen molar-refractivity contribution in [3.8, 4) is 0 Å². The molecule has 1 aliphatic rings. The first-order valence-electron chi connectivity index (χ1n) is 6.15. The first-order valence-corrected chi connectivity index (χ1v) is 6.53. The van der Waals surface area contributed by atoms with Gasteiger partial charge < -0.3 is 9.64 Å². The number of ether oxygens (including phenoxy) is 1. The van der Waals surface area contributed by atoms with E-state index < -0.39 is 0 Å². The van der Waals surface area contributed by atoms with Crippen LogP contribution < -0.4 is 0 Å². The number of likely N-dealkylation sites (N-methyl/N-ethyl adjacent to an activating group) is 1. The number of carbonyl (C=O) groups is 1. The van der Waals surface area contributed by atoms with Gasteiger partial charge in [0.1, 0.15) is 0 Å². The zero-order valence-electron chi connectivity index (χ0n) is 10.4. The van der Waals surface area contributed by atoms with Crippen molar-refractivity contribution >= 4 is 17.5 Å². The monoisotopic (exact) mass is 268 g/mol. The van der Waals surface area contributed by atoms with Crippen LogP contribution in [0.15, 0.2) is 18.5 Å². The fourth-order valence-electron chi connectivity index (χ4n) is 2.09. The molecule has 0 N–H and O–H groups in total. The van der Waals surface area contributed by atoms with E-state index in [1.807, 2.05) is 0 Å². The highest BCUT2D eigenvalue weighted by atomic mass is 35.5. The molecule has 1 saturated heterocycles. The van der Waals surface area contributed by atoms with Gasteiger partial charge in [0.15, 0.2) is 0 Å². The van der Waals surface area contributed by atoms with Gasteiger partial charge in [-0.1, -0.05) is 11.6 Å². The molecule has 2 heterocycles. The summed E-state index contributed by atoms with van der Waals surface area (Å²) in [5, 5.41) is 0.388. The number of aromatic nitrogens is 1. The molecule has 1 aliphatic heterocycles. The molecule has 1 unspecified atom stereocenters. The van der Waals surface area contributed by atoms with Crippen molar-refractivity contribution in [2.75, 3.05) is 20.2 Å². The molecule has 0 aromatic carbocycles. The molecule has 1 amide bonds. The molecule has 98 valence electrons. The Bertz CT molecular complexity index is 419. The molecule has 1 aromatic rings. The van der Waals surface area contributed by atoms with Gasteiger partial charge in [0.2, 0.25) is 0 Å². The van der Waals surface area contributed by atoms with E-state index in [-0.39, 0.29) is 12.0 Å². The summed E-state index contributed by atoms with van der Waals surface area (Å²) < 4.78 is 5.63. The van der Waals surface area contributed by atoms with Gasteiger partial charge in [-0.3, -0.25) is 9.78 Å². The van der Waals surface area contributed by atoms with E-state index in [4.69, 9.17) is 16.3 Å². The quantitative estimate of drug-likeness (QED) is 0.845. The van der Waals surface area contributed by atoms with Crippen LogP contribution in [-0.2, 0) is 4.74 Å². The number of pyridine rings is 1. The number of hydrogen-bond acceptors (Lipinski definition) is 3. The highest BCUT2D eigenvalue weighted by Gasteiger charge is 2.20. The number of carbonyl (C=O) groups excluding carboxylic acids is 1. The van der Waals surface area contributed by atoms with Gasteiger partial charge in [0, 0.05) is 32.6 Å². The lowest BCUT2D eigenvalue weighted by atomic mass is 10.1. The van der Waals surface area contributed by atoms with Crippen LogP contribution in [0.4, 0.5) is 0 Å². The van der Waals surface area contributed by atoms with Crippen LogP contribution in [0.3, 0.4) is 0 Å². The molecular formula is C13H17ClN2O2. The summed E-state index contributed by atoms with van der Waals surface area (Å²) in [6.45, 7) is 1.40. The summed E-state index contributed by atoms with van der Waals surface area (Å²) in [5.74, 6) is -0.0865. The molecule has 2 rings (SSSR count). The summed E-state index contributed by atoms with van der Waals surface area (Å²) in [7, 11) is 1.77. The van der Waals surface area contributed by atoms with E-state index in [9.17, 15) is 4.79 Å². The lowest BCUT2D eigenvalue weighted by molar-refractivity contribution is -0.000186. The molecule has 0 radical (unpaired) electrons. The Hall–Kier alpha value is -1.13. The first kappa shape index (κ1) is 13.3. The minimum Gasteiger partial charge on any atom is -0.376 e. The van der Waals surface area contributed by atoms with E-state index >= 15 is 0 Å². The third-order valence-electron chi connectivity index (χ3n) is 3.10. The molecule has 1 atom stereocenters. The molecule has 0 spiro atoms. The zero-order chi connectivity index (χ0) is 13.0. The molecule has 1 aromatic heterocycles. The van der Waals surface area contributed by atoms with Crippen LogP contribution in [0, 0.1) is 0 Å². The van der Waals surface area contributed by atoms with E-state index in [0.29, 0.717) is 17.1 Å². The average Bonchev–Trinajstić information content (AvgIpc) is 2.39. The maximum Gasteiger partial charge on any atom is 0.255 e. The Balaban J connectivity index is 1.98. The fourth-order valence-corrected chi connectivity index (χ4v) is 2.29. The lowest BCUT2D eigenvalue weighted by Gasteiger charge is -2.27. The van der Waals surface area contributed by atoms with Gasteiger partial charge in [-0.2, -0.15) is 0 Å². The second-order valence-corrected chi connectivity index (χ2v) is 4.94. The minimum absolute atomic E-state index is 0.0865. The summed E-state index contributed by atoms with van der Waals surface area (Å²) in [5.41, 5.74) is 0.491. The van der Waals surface area contributed by atoms with E-state index in [1.165, 1.54) is 12.6 Å². The topological polar surface area (TPSA) is 42.4 Å². The molecule has 0 bridgehead atoms. The molecule has 0 aliphatic carbocycles. The molecule has 0 saturated carbocycles. The Labute approximate surface area is 112 Å². The number of hydrogen-bond donors (Lipinski definition) is 0. The number of halogens is 1. The number of amides is 1. The zero-order valence-corrected chi connectivity index (χ0v) is 11.2. The third kappa shape index (κ3) is 3.21. The van der Waals surface area contributed by atoms with Crippen molar-refractivity contribution in [3.05, 3.63) is 29.0 Å². The van der Waals surface area contributed by atoms with Crippen LogP contribution >= 0.6 is 11.6 Å². The van der Waals surface area contributed by atoms with Crippen LogP contribution in [0.1, 0.15) is 29.6 Å². The second-order valence-electron chi connectivity index (χ2n) is 4.53. The molecule has 1 fully saturated rings. The average molecular weight is 269 g/mol. The Morgan fingerprint density at radius 2 is 2.44 bits per heavy atom. The fraction of sp³-hybridized carbons (Fsp3) is 0.538. The Kier molecular flexibility index (Phi) is 4.55. The highest BCUT2D eigenvalue weighted by Crippen LogP contribution is 2.17. The number of nitrogens with zero attached hydrogens (tertiary/aromatic N) is 2. The van der Waals surface area contributed by atoms with Crippen LogP contribution in [0.25, 0.3) is 0 Å². The predicted octanol–water partition coefficient (Wildman–Crippen LogP) is 2.38. The van der Waals surface area contributed by atoms with E-state index in [0.717, 1.165) is 19.4 Å². The summed E-state index contributed by atoms with van der Waals surface area (Å²) >= 11 is 5.96. The van der Waals surface area contributed by atoms with Crippen molar-refractivity contribution in [1.29, 1.82) is 0 Å². The first-order chi connectivity index (χ1) is 8.68. The van der Waals surface area contributed by atoms with Gasteiger partial charge in [0.25, 0.3) is 5.91 Å². The summed E-state index contributed by atoms with van der Waals surface area (Å²) in [4.78, 5) is 17.7. The molecule has 18 heavy (non-hydrogen) atoms. The van der Waals surface area contributed by atoms with Gasteiger partial charge in [-0.25, -0.2) is 0 Å². The molecule has 5 heteroatoms. The SMILES string of the molecule is CN(CC1CCCCO1)C(=O)c1ccncc1Cl. The van der Waals surface area contributed by atoms with Gasteiger partial charge in [-0.15, -0.1) is 0 Å². The predicted molar refractivity (Wildman–Crippen MR) is 69.8 cm³/mol. The van der Waals surface area contributed by atoms with Gasteiger partial charge in [-0.05, 0) is 25.3 Å². The van der Waals surface area contributed by atoms with Crippen molar-refractivity contribution in [3.63, 3.8) is 0 Å². The van der Waals surface area contributed by atoms with Crippen molar-refractivity contribution in [2.45, 2.75) is 25.4 Å². The maximum atomic E-state index is 12.2. The summed E-state index contributed by atoms with van der Waals surface area (Å²) in [6.07, 6.45) is 6.51. The summed E-state index contributed by atoms with van der Waals surface area (Å²) in [6, 6.07) is 1.64. The van der Waals surface area contributed by atoms with E-state index in [2.05, 4.69) is 4.98 Å². The smallest absolute Gasteiger partial charge is 0.255 e. The molecule has 4 nitrogen and oxygen atoms in total. The van der Waals surface area contributed by atoms with Crippen molar-refractivity contribution < 1.29 is 9.53 Å². The second kappa shape index (κ2) is 6.16. The largest absolute Gasteiger partial charge is 0.376 e. The Morgan fingerprint density at radius 3 is 3.11 bits per heavy atom. The Morgan fingerprint density at radius 1 is 1.61 bits per heavy atom. The molecular weight excluding hydrogens is 252 g/mol. The van der Waals surface area contributed by atoms with Crippen molar-refractivity contribution in [1.82, 2.24) is 9.88 Å². The van der Waals surface area contributed by atoms with Crippen LogP contribution in [0.5, 0.6) is 0 Å². The third-order valence-corrected chi connectivity index (χ3v) is 3.40. The van der Waals surface area contributed by atoms with E-state index in [1.54, 1.807) is 24.2 Å². The standard InChI is InChI=1S/C13H17ClN2O2/c1-16(9-10-4-2-3-7-18-10)13(17)11-5-6-15-8-12(11)14/h5-6,8,10H,2-4,7,9H2,1H3. The number of rotatable bonds is 3. The minimum atomic E-state index is -0.0865. The lowest BCUT2D eigenvalue weighted by Crippen LogP contribution is -2.37. The highest BCUT2D eigenvalue weighted by molar-refractivity contribution is 6.33. The maximum absolute atomic E-state index is 12.2. The van der Waals surface area contributed by atoms with Crippen LogP contribution in [-0.4, -0.2) is 42.1 Å². The van der Waals surface area contributed by atoms with Crippen molar-refractivity contribution in [2.24, 2.45) is 0 Å². The van der Waals surface area contributed by atoms with Crippen LogP contribution in [0.2, 0.25) is 5.02 Å². The van der Waals surface area contributed by atoms with Gasteiger partial charge in [0.05, 0.1) is 16.7 Å².